The highest BCUT2D eigenvalue weighted by molar-refractivity contribution is 7.50. The van der Waals surface area contributed by atoms with Crippen LogP contribution in [0.2, 0.25) is 0 Å². The minimum Gasteiger partial charge on any atom is -0.312 e. The fourth-order valence-electron chi connectivity index (χ4n) is 2.03. The van der Waals surface area contributed by atoms with Crippen molar-refractivity contribution < 1.29 is 14.0 Å². The van der Waals surface area contributed by atoms with Gasteiger partial charge < -0.3 is 4.89 Å². The molecule has 116 valence electrons. The first-order valence-electron chi connectivity index (χ1n) is 7.81. The molecule has 4 nitrogen and oxygen atoms in total. The molecule has 0 spiro atoms. The molecule has 0 aliphatic carbocycles. The molecule has 1 N–H and O–H groups in total. The summed E-state index contributed by atoms with van der Waals surface area (Å²) in [5.41, 5.74) is 0. The van der Waals surface area contributed by atoms with Gasteiger partial charge in [0.1, 0.15) is 0 Å². The van der Waals surface area contributed by atoms with Gasteiger partial charge in [0.05, 0.1) is 6.61 Å². The average molecular weight is 293 g/mol. The molecule has 0 radical (unpaired) electrons. The van der Waals surface area contributed by atoms with Gasteiger partial charge in [-0.2, -0.15) is 0 Å². The Morgan fingerprint density at radius 2 is 1.42 bits per heavy atom. The minimum atomic E-state index is -3.56. The van der Waals surface area contributed by atoms with Crippen molar-refractivity contribution in [2.24, 2.45) is 0 Å². The second-order valence-corrected chi connectivity index (χ2v) is 6.85. The molecule has 0 rings (SSSR count). The first-order valence-corrected chi connectivity index (χ1v) is 9.34. The molecular weight excluding hydrogens is 261 g/mol. The first-order chi connectivity index (χ1) is 9.08. The van der Waals surface area contributed by atoms with Gasteiger partial charge in [-0.1, -0.05) is 52.9 Å². The molecule has 5 heteroatoms. The zero-order chi connectivity index (χ0) is 14.6. The molecule has 19 heavy (non-hydrogen) atoms. The quantitative estimate of drug-likeness (QED) is 0.399. The summed E-state index contributed by atoms with van der Waals surface area (Å²) >= 11 is 0. The third-order valence-electron chi connectivity index (χ3n) is 3.08. The topological polar surface area (TPSA) is 49.8 Å². The van der Waals surface area contributed by atoms with Crippen LogP contribution in [0.1, 0.15) is 72.1 Å². The summed E-state index contributed by atoms with van der Waals surface area (Å²) in [6.45, 7) is 7.86. The highest BCUT2D eigenvalue weighted by atomic mass is 31.2. The van der Waals surface area contributed by atoms with Crippen LogP contribution in [0.5, 0.6) is 0 Å². The maximum absolute atomic E-state index is 12.1. The predicted octanol–water partition coefficient (Wildman–Crippen LogP) is 4.59. The highest BCUT2D eigenvalue weighted by Crippen LogP contribution is 2.46. The molecular formula is C14H32NO3P. The molecule has 0 aliphatic rings. The normalized spacial score (nSPS) is 14.8. The lowest BCUT2D eigenvalue weighted by Gasteiger charge is -2.25. The fourth-order valence-corrected chi connectivity index (χ4v) is 3.46. The van der Waals surface area contributed by atoms with E-state index in [4.69, 9.17) is 4.52 Å². The van der Waals surface area contributed by atoms with E-state index in [-0.39, 0.29) is 0 Å². The van der Waals surface area contributed by atoms with Crippen LogP contribution in [0.25, 0.3) is 0 Å². The Morgan fingerprint density at radius 1 is 0.895 bits per heavy atom. The summed E-state index contributed by atoms with van der Waals surface area (Å²) in [6.07, 6.45) is 8.66. The Kier molecular flexibility index (Phi) is 12.0. The van der Waals surface area contributed by atoms with Crippen LogP contribution in [0.15, 0.2) is 0 Å². The minimum absolute atomic E-state index is 0.393. The van der Waals surface area contributed by atoms with Crippen LogP contribution in [0.3, 0.4) is 0 Å². The SMILES string of the molecule is CCCCCCCCOP(=O)(O)N(CCC)CCC. The van der Waals surface area contributed by atoms with Crippen LogP contribution in [-0.2, 0) is 9.09 Å². The smallest absolute Gasteiger partial charge is 0.312 e. The monoisotopic (exact) mass is 293 g/mol. The van der Waals surface area contributed by atoms with E-state index in [1.54, 1.807) is 4.67 Å². The maximum atomic E-state index is 12.1. The Labute approximate surface area is 119 Å². The lowest BCUT2D eigenvalue weighted by Crippen LogP contribution is -2.23. The van der Waals surface area contributed by atoms with E-state index in [1.165, 1.54) is 25.7 Å². The number of hydrogen-bond donors (Lipinski definition) is 1. The van der Waals surface area contributed by atoms with E-state index in [1.807, 2.05) is 13.8 Å². The van der Waals surface area contributed by atoms with Gasteiger partial charge >= 0.3 is 7.75 Å². The van der Waals surface area contributed by atoms with Crippen molar-refractivity contribution in [2.45, 2.75) is 72.1 Å². The zero-order valence-electron chi connectivity index (χ0n) is 12.9. The van der Waals surface area contributed by atoms with Gasteiger partial charge in [0.15, 0.2) is 0 Å². The standard InChI is InChI=1S/C14H32NO3P/c1-4-7-8-9-10-11-14-18-19(16,17)15(12-5-2)13-6-3/h4-14H2,1-3H3,(H,16,17). The Morgan fingerprint density at radius 3 is 1.95 bits per heavy atom. The lowest BCUT2D eigenvalue weighted by molar-refractivity contribution is 0.196. The summed E-state index contributed by atoms with van der Waals surface area (Å²) in [6, 6.07) is 0. The van der Waals surface area contributed by atoms with Gasteiger partial charge in [-0.25, -0.2) is 9.24 Å². The van der Waals surface area contributed by atoms with Crippen LogP contribution >= 0.6 is 7.75 Å². The molecule has 0 aromatic rings. The first kappa shape index (κ1) is 19.1. The second-order valence-electron chi connectivity index (χ2n) is 5.05. The maximum Gasteiger partial charge on any atom is 0.405 e. The van der Waals surface area contributed by atoms with E-state index in [0.29, 0.717) is 19.7 Å². The van der Waals surface area contributed by atoms with Gasteiger partial charge in [-0.3, -0.25) is 4.52 Å². The molecule has 0 amide bonds. The van der Waals surface area contributed by atoms with E-state index in [9.17, 15) is 9.46 Å². The average Bonchev–Trinajstić information content (AvgIpc) is 2.37. The molecule has 0 fully saturated rings. The molecule has 0 saturated heterocycles. The highest BCUT2D eigenvalue weighted by Gasteiger charge is 2.27. The Bertz CT molecular complexity index is 243. The van der Waals surface area contributed by atoms with Crippen LogP contribution in [0.4, 0.5) is 0 Å². The van der Waals surface area contributed by atoms with Crippen molar-refractivity contribution in [1.29, 1.82) is 0 Å². The zero-order valence-corrected chi connectivity index (χ0v) is 13.8. The third kappa shape index (κ3) is 9.61. The van der Waals surface area contributed by atoms with Crippen LogP contribution in [-0.4, -0.2) is 29.3 Å². The number of hydrogen-bond acceptors (Lipinski definition) is 2. The molecule has 1 atom stereocenters. The lowest BCUT2D eigenvalue weighted by atomic mass is 10.1. The summed E-state index contributed by atoms with van der Waals surface area (Å²) < 4.78 is 18.9. The summed E-state index contributed by atoms with van der Waals surface area (Å²) in [7, 11) is -3.56. The molecule has 1 unspecified atom stereocenters. The number of nitrogens with zero attached hydrogens (tertiary/aromatic N) is 1. The van der Waals surface area contributed by atoms with Gasteiger partial charge in [0.2, 0.25) is 0 Å². The van der Waals surface area contributed by atoms with Crippen molar-refractivity contribution in [3.8, 4) is 0 Å². The van der Waals surface area contributed by atoms with E-state index in [0.717, 1.165) is 25.7 Å². The summed E-state index contributed by atoms with van der Waals surface area (Å²) in [4.78, 5) is 9.94. The summed E-state index contributed by atoms with van der Waals surface area (Å²) in [5.74, 6) is 0. The molecule has 0 saturated carbocycles. The van der Waals surface area contributed by atoms with Crippen molar-refractivity contribution in [1.82, 2.24) is 4.67 Å². The molecule has 0 aromatic carbocycles. The summed E-state index contributed by atoms with van der Waals surface area (Å²) in [5, 5.41) is 0. The number of unbranched alkanes of at least 4 members (excludes halogenated alkanes) is 5. The van der Waals surface area contributed by atoms with E-state index < -0.39 is 7.75 Å². The molecule has 0 aliphatic heterocycles. The molecule has 0 aromatic heterocycles. The second kappa shape index (κ2) is 11.9. The third-order valence-corrected chi connectivity index (χ3v) is 4.71. The Hall–Kier alpha value is 0.110. The number of rotatable bonds is 13. The van der Waals surface area contributed by atoms with Gasteiger partial charge in [0.25, 0.3) is 0 Å². The van der Waals surface area contributed by atoms with Crippen molar-refractivity contribution in [2.75, 3.05) is 19.7 Å². The van der Waals surface area contributed by atoms with Crippen LogP contribution in [0, 0.1) is 0 Å². The van der Waals surface area contributed by atoms with Crippen molar-refractivity contribution in [3.63, 3.8) is 0 Å². The fraction of sp³-hybridized carbons (Fsp3) is 1.00. The largest absolute Gasteiger partial charge is 0.405 e. The van der Waals surface area contributed by atoms with Gasteiger partial charge in [-0.15, -0.1) is 0 Å². The van der Waals surface area contributed by atoms with E-state index in [2.05, 4.69) is 6.92 Å². The Balaban J connectivity index is 3.83. The van der Waals surface area contributed by atoms with Gasteiger partial charge in [-0.05, 0) is 19.3 Å². The van der Waals surface area contributed by atoms with Gasteiger partial charge in [0, 0.05) is 13.1 Å². The van der Waals surface area contributed by atoms with Crippen molar-refractivity contribution >= 4 is 7.75 Å². The van der Waals surface area contributed by atoms with Crippen molar-refractivity contribution in [3.05, 3.63) is 0 Å². The van der Waals surface area contributed by atoms with E-state index >= 15 is 0 Å². The predicted molar refractivity (Wildman–Crippen MR) is 81.3 cm³/mol. The molecule has 0 heterocycles. The molecule has 0 bridgehead atoms. The van der Waals surface area contributed by atoms with Crippen LogP contribution < -0.4 is 0 Å².